The van der Waals surface area contributed by atoms with E-state index in [1.807, 2.05) is 18.2 Å². The molecule has 36 heavy (non-hydrogen) atoms. The van der Waals surface area contributed by atoms with Crippen LogP contribution in [0.25, 0.3) is 10.8 Å². The molecule has 4 nitrogen and oxygen atoms in total. The summed E-state index contributed by atoms with van der Waals surface area (Å²) in [6.45, 7) is 0.892. The van der Waals surface area contributed by atoms with Gasteiger partial charge in [0, 0.05) is 11.8 Å². The van der Waals surface area contributed by atoms with E-state index < -0.39 is 18.2 Å². The molecule has 8 heteroatoms. The second kappa shape index (κ2) is 11.7. The molecule has 4 aromatic rings. The van der Waals surface area contributed by atoms with Crippen LogP contribution in [-0.2, 0) is 25.7 Å². The summed E-state index contributed by atoms with van der Waals surface area (Å²) in [5.74, 6) is -0.439. The number of halogens is 4. The Morgan fingerprint density at radius 2 is 1.58 bits per heavy atom. The number of aromatic nitrogens is 2. The van der Waals surface area contributed by atoms with Gasteiger partial charge in [0.25, 0.3) is 0 Å². The Morgan fingerprint density at radius 1 is 0.861 bits per heavy atom. The fraction of sp³-hybridized carbons (Fsp3) is 0.214. The quantitative estimate of drug-likeness (QED) is 0.172. The Hall–Kier alpha value is -3.94. The zero-order valence-corrected chi connectivity index (χ0v) is 19.4. The molecule has 186 valence electrons. The van der Waals surface area contributed by atoms with Crippen molar-refractivity contribution in [3.05, 3.63) is 108 Å². The summed E-state index contributed by atoms with van der Waals surface area (Å²) in [4.78, 5) is 8.62. The number of nitrogens with zero attached hydrogens (tertiary/aromatic N) is 2. The average Bonchev–Trinajstić information content (AvgIpc) is 2.87. The lowest BCUT2D eigenvalue weighted by molar-refractivity contribution is -0.0522. The van der Waals surface area contributed by atoms with E-state index in [-0.39, 0.29) is 5.82 Å². The smallest absolute Gasteiger partial charge is 0.387 e. The maximum Gasteiger partial charge on any atom is 0.387 e. The van der Waals surface area contributed by atoms with E-state index in [1.165, 1.54) is 6.07 Å². The van der Waals surface area contributed by atoms with Crippen LogP contribution in [0.4, 0.5) is 17.6 Å². The van der Waals surface area contributed by atoms with E-state index in [1.54, 1.807) is 30.6 Å². The van der Waals surface area contributed by atoms with Gasteiger partial charge in [0.05, 0.1) is 12.4 Å². The first-order valence-corrected chi connectivity index (χ1v) is 11.4. The van der Waals surface area contributed by atoms with Gasteiger partial charge in [-0.3, -0.25) is 0 Å². The first-order valence-electron chi connectivity index (χ1n) is 11.4. The summed E-state index contributed by atoms with van der Waals surface area (Å²) in [7, 11) is 0. The molecule has 3 aromatic carbocycles. The zero-order chi connectivity index (χ0) is 25.5. The predicted octanol–water partition coefficient (Wildman–Crippen LogP) is 6.64. The lowest BCUT2D eigenvalue weighted by atomic mass is 9.98. The monoisotopic (exact) mass is 496 g/mol. The van der Waals surface area contributed by atoms with Crippen LogP contribution in [0, 0.1) is 11.6 Å². The molecule has 0 aliphatic heterocycles. The number of hydrogen-bond donors (Lipinski definition) is 0. The molecule has 0 unspecified atom stereocenters. The van der Waals surface area contributed by atoms with Crippen molar-refractivity contribution in [2.75, 3.05) is 6.61 Å². The van der Waals surface area contributed by atoms with Gasteiger partial charge in [0.1, 0.15) is 18.2 Å². The summed E-state index contributed by atoms with van der Waals surface area (Å²) >= 11 is 0. The fourth-order valence-electron chi connectivity index (χ4n) is 3.86. The van der Waals surface area contributed by atoms with E-state index in [9.17, 15) is 13.2 Å². The minimum absolute atomic E-state index is 0.323. The Morgan fingerprint density at radius 3 is 2.31 bits per heavy atom. The summed E-state index contributed by atoms with van der Waals surface area (Å²) in [6.07, 6.45) is 6.92. The molecule has 0 saturated heterocycles. The van der Waals surface area contributed by atoms with Gasteiger partial charge in [-0.05, 0) is 53.5 Å². The number of hydrogen-bond acceptors (Lipinski definition) is 4. The van der Waals surface area contributed by atoms with Crippen molar-refractivity contribution in [2.24, 2.45) is 0 Å². The van der Waals surface area contributed by atoms with Crippen LogP contribution in [0.3, 0.4) is 0 Å². The standard InChI is InChI=1S/C28H24F4N2O2/c1-2-13-35-22-16-33-26(34-17-22)12-6-18-4-10-23-21(14-18)9-8-20(27(23)30)7-3-19-5-11-25(24(29)15-19)36-28(31)32/h2,4-5,8-11,14-17,28H,1,3,6-7,12-13H2. The van der Waals surface area contributed by atoms with Crippen molar-refractivity contribution in [1.82, 2.24) is 9.97 Å². The second-order valence-electron chi connectivity index (χ2n) is 8.17. The summed E-state index contributed by atoms with van der Waals surface area (Å²) in [6, 6.07) is 13.0. The van der Waals surface area contributed by atoms with Crippen LogP contribution in [0.5, 0.6) is 11.5 Å². The molecule has 0 radical (unpaired) electrons. The van der Waals surface area contributed by atoms with Gasteiger partial charge in [-0.25, -0.2) is 18.7 Å². The molecule has 0 amide bonds. The van der Waals surface area contributed by atoms with E-state index in [0.29, 0.717) is 60.4 Å². The molecule has 0 aliphatic rings. The average molecular weight is 497 g/mol. The molecule has 0 atom stereocenters. The third kappa shape index (κ3) is 6.38. The third-order valence-corrected chi connectivity index (χ3v) is 5.68. The molecule has 0 aliphatic carbocycles. The Labute approximate surface area is 206 Å². The highest BCUT2D eigenvalue weighted by Gasteiger charge is 2.12. The summed E-state index contributed by atoms with van der Waals surface area (Å²) < 4.78 is 63.2. The van der Waals surface area contributed by atoms with Crippen molar-refractivity contribution in [1.29, 1.82) is 0 Å². The van der Waals surface area contributed by atoms with E-state index in [0.717, 1.165) is 23.1 Å². The molecule has 0 spiro atoms. The molecule has 1 aromatic heterocycles. The molecule has 0 N–H and O–H groups in total. The van der Waals surface area contributed by atoms with Crippen LogP contribution >= 0.6 is 0 Å². The largest absolute Gasteiger partial charge is 0.486 e. The highest BCUT2D eigenvalue weighted by Crippen LogP contribution is 2.25. The SMILES string of the molecule is C=CCOc1cnc(CCc2ccc3c(F)c(CCc4ccc(OC(F)F)c(F)c4)ccc3c2)nc1. The highest BCUT2D eigenvalue weighted by atomic mass is 19.3. The second-order valence-corrected chi connectivity index (χ2v) is 8.17. The van der Waals surface area contributed by atoms with Crippen LogP contribution < -0.4 is 9.47 Å². The van der Waals surface area contributed by atoms with Crippen molar-refractivity contribution in [2.45, 2.75) is 32.3 Å². The van der Waals surface area contributed by atoms with Crippen molar-refractivity contribution in [3.8, 4) is 11.5 Å². The highest BCUT2D eigenvalue weighted by molar-refractivity contribution is 5.84. The van der Waals surface area contributed by atoms with Gasteiger partial charge in [-0.15, -0.1) is 0 Å². The van der Waals surface area contributed by atoms with E-state index in [4.69, 9.17) is 4.74 Å². The molecular formula is C28H24F4N2O2. The van der Waals surface area contributed by atoms with E-state index >= 15 is 4.39 Å². The van der Waals surface area contributed by atoms with Gasteiger partial charge in [-0.1, -0.05) is 49.1 Å². The zero-order valence-electron chi connectivity index (χ0n) is 19.4. The first kappa shape index (κ1) is 25.2. The number of rotatable bonds is 11. The fourth-order valence-corrected chi connectivity index (χ4v) is 3.86. The number of aryl methyl sites for hydroxylation is 4. The van der Waals surface area contributed by atoms with Gasteiger partial charge < -0.3 is 9.47 Å². The lowest BCUT2D eigenvalue weighted by Gasteiger charge is -2.10. The first-order chi connectivity index (χ1) is 17.4. The van der Waals surface area contributed by atoms with Crippen LogP contribution in [0.15, 0.2) is 73.6 Å². The Balaban J connectivity index is 1.39. The maximum atomic E-state index is 15.2. The van der Waals surface area contributed by atoms with Crippen LogP contribution in [0.2, 0.25) is 0 Å². The number of alkyl halides is 2. The molecule has 0 fully saturated rings. The number of benzene rings is 3. The topological polar surface area (TPSA) is 44.2 Å². The van der Waals surface area contributed by atoms with Crippen molar-refractivity contribution >= 4 is 10.8 Å². The van der Waals surface area contributed by atoms with Gasteiger partial charge in [0.2, 0.25) is 0 Å². The summed E-state index contributed by atoms with van der Waals surface area (Å²) in [5, 5.41) is 1.28. The van der Waals surface area contributed by atoms with E-state index in [2.05, 4.69) is 21.3 Å². The normalized spacial score (nSPS) is 11.1. The van der Waals surface area contributed by atoms with Crippen LogP contribution in [0.1, 0.15) is 22.5 Å². The molecule has 0 bridgehead atoms. The summed E-state index contributed by atoms with van der Waals surface area (Å²) in [5.41, 5.74) is 2.09. The minimum Gasteiger partial charge on any atom is -0.486 e. The molecule has 4 rings (SSSR count). The number of ether oxygens (including phenoxy) is 2. The molecular weight excluding hydrogens is 472 g/mol. The van der Waals surface area contributed by atoms with Crippen LogP contribution in [-0.4, -0.2) is 23.2 Å². The third-order valence-electron chi connectivity index (χ3n) is 5.68. The van der Waals surface area contributed by atoms with Gasteiger partial charge in [-0.2, -0.15) is 8.78 Å². The number of fused-ring (bicyclic) bond motifs is 1. The molecule has 1 heterocycles. The minimum atomic E-state index is -3.10. The predicted molar refractivity (Wildman–Crippen MR) is 129 cm³/mol. The van der Waals surface area contributed by atoms with Gasteiger partial charge >= 0.3 is 6.61 Å². The van der Waals surface area contributed by atoms with Crippen molar-refractivity contribution in [3.63, 3.8) is 0 Å². The Bertz CT molecular complexity index is 1340. The molecule has 0 saturated carbocycles. The Kier molecular flexibility index (Phi) is 8.15. The van der Waals surface area contributed by atoms with Crippen molar-refractivity contribution < 1.29 is 27.0 Å². The lowest BCUT2D eigenvalue weighted by Crippen LogP contribution is -2.04. The van der Waals surface area contributed by atoms with Gasteiger partial charge in [0.15, 0.2) is 17.3 Å². The maximum absolute atomic E-state index is 15.2.